The standard InChI is InChI=1S/C12H16ClNOS/c1-12(2,3)14-11(15)8-16-10-6-4-9(13)5-7-10/h4-7H,8H2,1-3H3,(H,14,15). The second-order valence-electron chi connectivity index (χ2n) is 4.54. The quantitative estimate of drug-likeness (QED) is 0.842. The molecule has 0 radical (unpaired) electrons. The van der Waals surface area contributed by atoms with Crippen molar-refractivity contribution in [2.75, 3.05) is 5.75 Å². The number of carbonyl (C=O) groups excluding carboxylic acids is 1. The zero-order chi connectivity index (χ0) is 12.2. The Hall–Kier alpha value is -0.670. The number of halogens is 1. The summed E-state index contributed by atoms with van der Waals surface area (Å²) in [6.45, 7) is 5.91. The lowest BCUT2D eigenvalue weighted by Crippen LogP contribution is -2.41. The van der Waals surface area contributed by atoms with Crippen LogP contribution in [-0.2, 0) is 4.79 Å². The van der Waals surface area contributed by atoms with Crippen LogP contribution >= 0.6 is 23.4 Å². The predicted molar refractivity (Wildman–Crippen MR) is 70.1 cm³/mol. The van der Waals surface area contributed by atoms with Crippen molar-refractivity contribution in [3.63, 3.8) is 0 Å². The van der Waals surface area contributed by atoms with E-state index < -0.39 is 0 Å². The van der Waals surface area contributed by atoms with E-state index in [-0.39, 0.29) is 11.4 Å². The number of nitrogens with one attached hydrogen (secondary N) is 1. The van der Waals surface area contributed by atoms with E-state index in [9.17, 15) is 4.79 Å². The maximum absolute atomic E-state index is 11.5. The first-order chi connectivity index (χ1) is 7.37. The van der Waals surface area contributed by atoms with Gasteiger partial charge in [-0.05, 0) is 45.0 Å². The average molecular weight is 258 g/mol. The van der Waals surface area contributed by atoms with Gasteiger partial charge in [0.1, 0.15) is 0 Å². The number of amides is 1. The number of thioether (sulfide) groups is 1. The summed E-state index contributed by atoms with van der Waals surface area (Å²) in [6, 6.07) is 7.48. The zero-order valence-electron chi connectivity index (χ0n) is 9.71. The normalized spacial score (nSPS) is 11.2. The summed E-state index contributed by atoms with van der Waals surface area (Å²) < 4.78 is 0. The lowest BCUT2D eigenvalue weighted by Gasteiger charge is -2.20. The molecule has 2 nitrogen and oxygen atoms in total. The molecule has 0 saturated carbocycles. The number of rotatable bonds is 3. The van der Waals surface area contributed by atoms with Gasteiger partial charge in [-0.3, -0.25) is 4.79 Å². The SMILES string of the molecule is CC(C)(C)NC(=O)CSc1ccc(Cl)cc1. The van der Waals surface area contributed by atoms with Crippen molar-refractivity contribution in [3.05, 3.63) is 29.3 Å². The van der Waals surface area contributed by atoms with Crippen molar-refractivity contribution in [3.8, 4) is 0 Å². The van der Waals surface area contributed by atoms with E-state index in [0.29, 0.717) is 10.8 Å². The van der Waals surface area contributed by atoms with Gasteiger partial charge in [0.2, 0.25) is 5.91 Å². The fraction of sp³-hybridized carbons (Fsp3) is 0.417. The van der Waals surface area contributed by atoms with Crippen molar-refractivity contribution in [1.29, 1.82) is 0 Å². The van der Waals surface area contributed by atoms with Gasteiger partial charge >= 0.3 is 0 Å². The Kier molecular flexibility index (Phi) is 4.69. The maximum Gasteiger partial charge on any atom is 0.230 e. The number of benzene rings is 1. The van der Waals surface area contributed by atoms with Crippen molar-refractivity contribution in [2.45, 2.75) is 31.2 Å². The molecule has 0 aliphatic heterocycles. The molecule has 0 aliphatic rings. The molecular formula is C12H16ClNOS. The topological polar surface area (TPSA) is 29.1 Å². The van der Waals surface area contributed by atoms with Crippen molar-refractivity contribution in [1.82, 2.24) is 5.32 Å². The molecule has 88 valence electrons. The molecule has 0 spiro atoms. The smallest absolute Gasteiger partial charge is 0.230 e. The molecular weight excluding hydrogens is 242 g/mol. The zero-order valence-corrected chi connectivity index (χ0v) is 11.3. The van der Waals surface area contributed by atoms with Crippen LogP contribution in [-0.4, -0.2) is 17.2 Å². The molecule has 0 fully saturated rings. The van der Waals surface area contributed by atoms with Crippen LogP contribution in [0.3, 0.4) is 0 Å². The first kappa shape index (κ1) is 13.4. The Morgan fingerprint density at radius 3 is 2.38 bits per heavy atom. The molecule has 0 saturated heterocycles. The van der Waals surface area contributed by atoms with E-state index in [1.807, 2.05) is 45.0 Å². The van der Waals surface area contributed by atoms with Crippen LogP contribution in [0.25, 0.3) is 0 Å². The van der Waals surface area contributed by atoms with Gasteiger partial charge in [0.15, 0.2) is 0 Å². The summed E-state index contributed by atoms with van der Waals surface area (Å²) in [6.07, 6.45) is 0. The van der Waals surface area contributed by atoms with E-state index in [0.717, 1.165) is 4.90 Å². The first-order valence-electron chi connectivity index (χ1n) is 5.06. The molecule has 0 aliphatic carbocycles. The third-order valence-electron chi connectivity index (χ3n) is 1.70. The molecule has 1 rings (SSSR count). The molecule has 0 aromatic heterocycles. The Labute approximate surface area is 106 Å². The lowest BCUT2D eigenvalue weighted by atomic mass is 10.1. The van der Waals surface area contributed by atoms with Gasteiger partial charge in [-0.25, -0.2) is 0 Å². The number of hydrogen-bond acceptors (Lipinski definition) is 2. The maximum atomic E-state index is 11.5. The lowest BCUT2D eigenvalue weighted by molar-refractivity contribution is -0.119. The highest BCUT2D eigenvalue weighted by Crippen LogP contribution is 2.20. The van der Waals surface area contributed by atoms with Crippen LogP contribution in [0.15, 0.2) is 29.2 Å². The summed E-state index contributed by atoms with van der Waals surface area (Å²) >= 11 is 7.28. The Bertz CT molecular complexity index is 356. The molecule has 0 heterocycles. The molecule has 1 aromatic carbocycles. The largest absolute Gasteiger partial charge is 0.351 e. The average Bonchev–Trinajstić information content (AvgIpc) is 2.14. The predicted octanol–water partition coefficient (Wildman–Crippen LogP) is 3.35. The molecule has 16 heavy (non-hydrogen) atoms. The third kappa shape index (κ3) is 5.42. The highest BCUT2D eigenvalue weighted by atomic mass is 35.5. The van der Waals surface area contributed by atoms with E-state index in [4.69, 9.17) is 11.6 Å². The van der Waals surface area contributed by atoms with Crippen LogP contribution in [0.4, 0.5) is 0 Å². The van der Waals surface area contributed by atoms with Crippen LogP contribution in [0.2, 0.25) is 5.02 Å². The minimum atomic E-state index is -0.169. The molecule has 4 heteroatoms. The molecule has 1 aromatic rings. The first-order valence-corrected chi connectivity index (χ1v) is 6.42. The molecule has 0 unspecified atom stereocenters. The van der Waals surface area contributed by atoms with Crippen LogP contribution < -0.4 is 5.32 Å². The molecule has 1 N–H and O–H groups in total. The van der Waals surface area contributed by atoms with Gasteiger partial charge in [-0.2, -0.15) is 0 Å². The second kappa shape index (κ2) is 5.60. The fourth-order valence-electron chi connectivity index (χ4n) is 1.13. The van der Waals surface area contributed by atoms with Crippen LogP contribution in [0.1, 0.15) is 20.8 Å². The molecule has 1 amide bonds. The Morgan fingerprint density at radius 2 is 1.88 bits per heavy atom. The highest BCUT2D eigenvalue weighted by molar-refractivity contribution is 8.00. The van der Waals surface area contributed by atoms with Crippen molar-refractivity contribution < 1.29 is 4.79 Å². The second-order valence-corrected chi connectivity index (χ2v) is 6.03. The summed E-state index contributed by atoms with van der Waals surface area (Å²) in [5, 5.41) is 3.63. The van der Waals surface area contributed by atoms with Crippen molar-refractivity contribution in [2.24, 2.45) is 0 Å². The van der Waals surface area contributed by atoms with Gasteiger partial charge in [0.05, 0.1) is 5.75 Å². The van der Waals surface area contributed by atoms with Crippen molar-refractivity contribution >= 4 is 29.3 Å². The number of hydrogen-bond donors (Lipinski definition) is 1. The van der Waals surface area contributed by atoms with E-state index >= 15 is 0 Å². The van der Waals surface area contributed by atoms with E-state index in [1.165, 1.54) is 11.8 Å². The van der Waals surface area contributed by atoms with Gasteiger partial charge in [0.25, 0.3) is 0 Å². The van der Waals surface area contributed by atoms with Crippen LogP contribution in [0.5, 0.6) is 0 Å². The fourth-order valence-corrected chi connectivity index (χ4v) is 1.96. The summed E-state index contributed by atoms with van der Waals surface area (Å²) in [7, 11) is 0. The highest BCUT2D eigenvalue weighted by Gasteiger charge is 2.13. The number of carbonyl (C=O) groups is 1. The van der Waals surface area contributed by atoms with Gasteiger partial charge in [0, 0.05) is 15.5 Å². The molecule has 0 bridgehead atoms. The summed E-state index contributed by atoms with van der Waals surface area (Å²) in [5.41, 5.74) is -0.169. The summed E-state index contributed by atoms with van der Waals surface area (Å²) in [5.74, 6) is 0.478. The third-order valence-corrected chi connectivity index (χ3v) is 2.96. The van der Waals surface area contributed by atoms with E-state index in [1.54, 1.807) is 0 Å². The Morgan fingerprint density at radius 1 is 1.31 bits per heavy atom. The van der Waals surface area contributed by atoms with E-state index in [2.05, 4.69) is 5.32 Å². The Balaban J connectivity index is 2.40. The van der Waals surface area contributed by atoms with Gasteiger partial charge < -0.3 is 5.32 Å². The molecule has 0 atom stereocenters. The van der Waals surface area contributed by atoms with Gasteiger partial charge in [-0.15, -0.1) is 11.8 Å². The minimum absolute atomic E-state index is 0.0486. The van der Waals surface area contributed by atoms with Gasteiger partial charge in [-0.1, -0.05) is 11.6 Å². The van der Waals surface area contributed by atoms with Crippen LogP contribution in [0, 0.1) is 0 Å². The minimum Gasteiger partial charge on any atom is -0.351 e. The monoisotopic (exact) mass is 257 g/mol. The summed E-state index contributed by atoms with van der Waals surface area (Å²) in [4.78, 5) is 12.6.